The Labute approximate surface area is 145 Å². The van der Waals surface area contributed by atoms with Gasteiger partial charge in [0, 0.05) is 23.0 Å². The molecule has 1 N–H and O–H groups in total. The largest absolute Gasteiger partial charge is 0.349 e. The van der Waals surface area contributed by atoms with Crippen LogP contribution >= 0.6 is 11.6 Å². The molecule has 0 saturated carbocycles. The molecule has 1 aliphatic rings. The molecule has 1 aromatic carbocycles. The number of carbonyl (C=O) groups is 2. The van der Waals surface area contributed by atoms with Crippen LogP contribution in [0.3, 0.4) is 0 Å². The molecule has 0 aliphatic carbocycles. The fourth-order valence-corrected chi connectivity index (χ4v) is 3.10. The zero-order valence-corrected chi connectivity index (χ0v) is 14.5. The van der Waals surface area contributed by atoms with Crippen LogP contribution in [0.4, 0.5) is 10.5 Å². The summed E-state index contributed by atoms with van der Waals surface area (Å²) in [7, 11) is 0. The number of nitrogens with one attached hydrogen (secondary N) is 1. The van der Waals surface area contributed by atoms with E-state index in [2.05, 4.69) is 16.8 Å². The molecule has 6 heteroatoms. The second-order valence-corrected chi connectivity index (χ2v) is 6.11. The third-order valence-electron chi connectivity index (χ3n) is 4.19. The van der Waals surface area contributed by atoms with Gasteiger partial charge in [-0.05, 0) is 62.7 Å². The molecular formula is C18H18ClN3O2. The molecule has 24 heavy (non-hydrogen) atoms. The zero-order chi connectivity index (χ0) is 17.4. The number of nitrogens with zero attached hydrogens (tertiary/aromatic N) is 2. The van der Waals surface area contributed by atoms with Gasteiger partial charge in [-0.25, -0.2) is 9.69 Å². The fourth-order valence-electron chi connectivity index (χ4n) is 2.98. The third kappa shape index (κ3) is 2.71. The summed E-state index contributed by atoms with van der Waals surface area (Å²) in [4.78, 5) is 25.9. The summed E-state index contributed by atoms with van der Waals surface area (Å²) >= 11 is 5.86. The van der Waals surface area contributed by atoms with E-state index < -0.39 is 6.03 Å². The van der Waals surface area contributed by atoms with Gasteiger partial charge in [0.1, 0.15) is 5.70 Å². The number of amides is 3. The number of benzene rings is 1. The van der Waals surface area contributed by atoms with Crippen LogP contribution in [0, 0.1) is 13.8 Å². The average Bonchev–Trinajstić information content (AvgIpc) is 2.97. The summed E-state index contributed by atoms with van der Waals surface area (Å²) in [6, 6.07) is 8.13. The van der Waals surface area contributed by atoms with E-state index in [-0.39, 0.29) is 11.6 Å². The van der Waals surface area contributed by atoms with Gasteiger partial charge >= 0.3 is 6.03 Å². The molecular weight excluding hydrogens is 326 g/mol. The van der Waals surface area contributed by atoms with Crippen molar-refractivity contribution >= 4 is 35.3 Å². The van der Waals surface area contributed by atoms with Gasteiger partial charge in [0.15, 0.2) is 0 Å². The molecule has 2 heterocycles. The number of aromatic nitrogens is 1. The normalized spacial score (nSPS) is 16.2. The summed E-state index contributed by atoms with van der Waals surface area (Å²) in [5.74, 6) is -0.372. The molecule has 3 amide bonds. The van der Waals surface area contributed by atoms with Crippen LogP contribution in [0.15, 0.2) is 36.0 Å². The number of anilines is 1. The Hall–Kier alpha value is -2.53. The van der Waals surface area contributed by atoms with Gasteiger partial charge in [0.2, 0.25) is 0 Å². The van der Waals surface area contributed by atoms with Crippen molar-refractivity contribution in [2.45, 2.75) is 27.3 Å². The van der Waals surface area contributed by atoms with Crippen LogP contribution in [0.2, 0.25) is 5.02 Å². The van der Waals surface area contributed by atoms with Gasteiger partial charge in [-0.15, -0.1) is 0 Å². The Morgan fingerprint density at radius 2 is 1.83 bits per heavy atom. The molecule has 3 rings (SSSR count). The van der Waals surface area contributed by atoms with Crippen LogP contribution in [-0.4, -0.2) is 16.5 Å². The van der Waals surface area contributed by atoms with E-state index in [4.69, 9.17) is 11.6 Å². The number of aryl methyl sites for hydroxylation is 1. The van der Waals surface area contributed by atoms with Crippen LogP contribution < -0.4 is 10.2 Å². The van der Waals surface area contributed by atoms with Gasteiger partial charge in [-0.1, -0.05) is 11.6 Å². The van der Waals surface area contributed by atoms with Crippen LogP contribution in [0.1, 0.15) is 23.9 Å². The second kappa shape index (κ2) is 6.17. The molecule has 1 aromatic heterocycles. The first-order chi connectivity index (χ1) is 11.4. The predicted molar refractivity (Wildman–Crippen MR) is 95.0 cm³/mol. The lowest BCUT2D eigenvalue weighted by atomic mass is 10.2. The quantitative estimate of drug-likeness (QED) is 0.679. The first-order valence-corrected chi connectivity index (χ1v) is 8.09. The van der Waals surface area contributed by atoms with Crippen molar-refractivity contribution in [3.05, 3.63) is 58.0 Å². The Balaban J connectivity index is 1.95. The van der Waals surface area contributed by atoms with Crippen LogP contribution in [-0.2, 0) is 11.3 Å². The second-order valence-electron chi connectivity index (χ2n) is 5.68. The number of hydrogen-bond donors (Lipinski definition) is 1. The SMILES string of the molecule is CCn1c(C)cc(/C=C2/NC(=O)N(c3ccc(Cl)cc3)C2=O)c1C. The summed E-state index contributed by atoms with van der Waals surface area (Å²) < 4.78 is 2.16. The van der Waals surface area contributed by atoms with Gasteiger partial charge in [0.05, 0.1) is 5.69 Å². The highest BCUT2D eigenvalue weighted by atomic mass is 35.5. The average molecular weight is 344 g/mol. The van der Waals surface area contributed by atoms with Crippen molar-refractivity contribution in [2.75, 3.05) is 4.90 Å². The van der Waals surface area contributed by atoms with Crippen LogP contribution in [0.5, 0.6) is 0 Å². The number of urea groups is 1. The first-order valence-electron chi connectivity index (χ1n) is 7.71. The van der Waals surface area contributed by atoms with E-state index in [1.807, 2.05) is 19.9 Å². The summed E-state index contributed by atoms with van der Waals surface area (Å²) in [6.45, 7) is 6.95. The van der Waals surface area contributed by atoms with Crippen molar-refractivity contribution in [1.82, 2.24) is 9.88 Å². The van der Waals surface area contributed by atoms with E-state index in [9.17, 15) is 9.59 Å². The highest BCUT2D eigenvalue weighted by molar-refractivity contribution is 6.31. The maximum absolute atomic E-state index is 12.6. The van der Waals surface area contributed by atoms with Crippen LogP contribution in [0.25, 0.3) is 6.08 Å². The van der Waals surface area contributed by atoms with Gasteiger partial charge in [-0.2, -0.15) is 0 Å². The van der Waals surface area contributed by atoms with Crippen molar-refractivity contribution in [3.63, 3.8) is 0 Å². The maximum atomic E-state index is 12.6. The topological polar surface area (TPSA) is 54.3 Å². The number of halogens is 1. The number of hydrogen-bond acceptors (Lipinski definition) is 2. The van der Waals surface area contributed by atoms with Crippen molar-refractivity contribution in [2.24, 2.45) is 0 Å². The molecule has 0 unspecified atom stereocenters. The predicted octanol–water partition coefficient (Wildman–Crippen LogP) is 3.88. The van der Waals surface area contributed by atoms with E-state index in [1.54, 1.807) is 30.3 Å². The highest BCUT2D eigenvalue weighted by Gasteiger charge is 2.35. The minimum Gasteiger partial charge on any atom is -0.349 e. The Morgan fingerprint density at radius 3 is 2.42 bits per heavy atom. The summed E-state index contributed by atoms with van der Waals surface area (Å²) in [5.41, 5.74) is 3.87. The molecule has 1 fully saturated rings. The van der Waals surface area contributed by atoms with E-state index >= 15 is 0 Å². The van der Waals surface area contributed by atoms with E-state index in [0.29, 0.717) is 10.7 Å². The fraction of sp³-hybridized carbons (Fsp3) is 0.222. The van der Waals surface area contributed by atoms with Gasteiger partial charge in [-0.3, -0.25) is 4.79 Å². The molecule has 0 bridgehead atoms. The smallest absolute Gasteiger partial charge is 0.333 e. The molecule has 1 aliphatic heterocycles. The summed E-state index contributed by atoms with van der Waals surface area (Å²) in [6.07, 6.45) is 1.73. The van der Waals surface area contributed by atoms with Crippen molar-refractivity contribution in [3.8, 4) is 0 Å². The summed E-state index contributed by atoms with van der Waals surface area (Å²) in [5, 5.41) is 3.20. The first kappa shape index (κ1) is 16.3. The molecule has 2 aromatic rings. The molecule has 0 radical (unpaired) electrons. The van der Waals surface area contributed by atoms with Crippen molar-refractivity contribution < 1.29 is 9.59 Å². The van der Waals surface area contributed by atoms with Gasteiger partial charge < -0.3 is 9.88 Å². The molecule has 0 spiro atoms. The number of rotatable bonds is 3. The molecule has 5 nitrogen and oxygen atoms in total. The van der Waals surface area contributed by atoms with Crippen molar-refractivity contribution in [1.29, 1.82) is 0 Å². The van der Waals surface area contributed by atoms with E-state index in [0.717, 1.165) is 28.4 Å². The third-order valence-corrected chi connectivity index (χ3v) is 4.44. The lowest BCUT2D eigenvalue weighted by Gasteiger charge is -2.11. The van der Waals surface area contributed by atoms with Gasteiger partial charge in [0.25, 0.3) is 5.91 Å². The monoisotopic (exact) mass is 343 g/mol. The molecule has 1 saturated heterocycles. The Morgan fingerprint density at radius 1 is 1.17 bits per heavy atom. The number of carbonyl (C=O) groups excluding carboxylic acids is 2. The van der Waals surface area contributed by atoms with E-state index in [1.165, 1.54) is 0 Å². The Kier molecular flexibility index (Phi) is 4.20. The minimum atomic E-state index is -0.460. The maximum Gasteiger partial charge on any atom is 0.333 e. The highest BCUT2D eigenvalue weighted by Crippen LogP contribution is 2.25. The minimum absolute atomic E-state index is 0.270. The zero-order valence-electron chi connectivity index (χ0n) is 13.8. The standard InChI is InChI=1S/C18H18ClN3O2/c1-4-21-11(2)9-13(12(21)3)10-16-17(23)22(18(24)20-16)15-7-5-14(19)6-8-15/h5-10H,4H2,1-3H3,(H,20,24)/b16-10+. The lowest BCUT2D eigenvalue weighted by Crippen LogP contribution is -2.30. The molecule has 124 valence electrons. The lowest BCUT2D eigenvalue weighted by molar-refractivity contribution is -0.113. The number of imide groups is 1. The Bertz CT molecular complexity index is 850. The molecule has 0 atom stereocenters.